The summed E-state index contributed by atoms with van der Waals surface area (Å²) in [7, 11) is 0. The summed E-state index contributed by atoms with van der Waals surface area (Å²) in [5, 5.41) is 29.4. The van der Waals surface area contributed by atoms with Gasteiger partial charge in [0.15, 0.2) is 0 Å². The molecule has 0 fully saturated rings. The van der Waals surface area contributed by atoms with Gasteiger partial charge in [-0.05, 0) is 64.0 Å². The Morgan fingerprint density at radius 3 is 2.13 bits per heavy atom. The van der Waals surface area contributed by atoms with Crippen LogP contribution in [-0.4, -0.2) is 27.2 Å². The lowest BCUT2D eigenvalue weighted by molar-refractivity contribution is 0.0843. The monoisotopic (exact) mass is 444 g/mol. The Balaban J connectivity index is 2.12. The highest BCUT2D eigenvalue weighted by molar-refractivity contribution is 7.99. The maximum atomic E-state index is 10.4. The maximum Gasteiger partial charge on any atom is 0.0685 e. The first-order chi connectivity index (χ1) is 14.5. The van der Waals surface area contributed by atoms with Gasteiger partial charge in [0, 0.05) is 10.6 Å². The summed E-state index contributed by atoms with van der Waals surface area (Å²) in [4.78, 5) is 1.26. The quantitative estimate of drug-likeness (QED) is 0.415. The molecule has 3 N–H and O–H groups in total. The molecule has 2 rings (SSSR count). The average molecular weight is 445 g/mol. The minimum atomic E-state index is -0.334. The molecule has 2 aromatic carbocycles. The molecule has 0 saturated heterocycles. The third-order valence-corrected chi connectivity index (χ3v) is 7.46. The molecule has 0 aliphatic rings. The van der Waals surface area contributed by atoms with Crippen LogP contribution in [0.2, 0.25) is 0 Å². The van der Waals surface area contributed by atoms with E-state index < -0.39 is 0 Å². The number of thioether (sulfide) groups is 1. The molecule has 4 heteroatoms. The summed E-state index contributed by atoms with van der Waals surface area (Å²) in [6.45, 7) is 12.9. The van der Waals surface area contributed by atoms with Gasteiger partial charge in [0.05, 0.1) is 19.3 Å². The van der Waals surface area contributed by atoms with Gasteiger partial charge in [0.1, 0.15) is 0 Å². The second-order valence-corrected chi connectivity index (χ2v) is 11.2. The second kappa shape index (κ2) is 11.0. The average Bonchev–Trinajstić information content (AvgIpc) is 2.74. The second-order valence-electron chi connectivity index (χ2n) is 10.2. The summed E-state index contributed by atoms with van der Waals surface area (Å²) >= 11 is 1.75. The minimum Gasteiger partial charge on any atom is -0.392 e. The standard InChI is InChI=1S/C27H40O3S/c1-7-20-15-23(10-11-24(20)31-18-25(30)26(2,3)4)27(5,6)13-12-19-8-9-21(16-28)22(14-19)17-29/h8-11,14-15,25,28-30H,7,12-13,16-18H2,1-6H3. The lowest BCUT2D eigenvalue weighted by Gasteiger charge is -2.28. The van der Waals surface area contributed by atoms with Gasteiger partial charge in [-0.25, -0.2) is 0 Å². The normalized spacial score (nSPS) is 13.5. The van der Waals surface area contributed by atoms with Crippen molar-refractivity contribution in [3.63, 3.8) is 0 Å². The molecule has 1 unspecified atom stereocenters. The molecule has 172 valence electrons. The first-order valence-corrected chi connectivity index (χ1v) is 12.3. The molecule has 0 spiro atoms. The lowest BCUT2D eigenvalue weighted by atomic mass is 9.79. The highest BCUT2D eigenvalue weighted by Gasteiger charge is 2.24. The van der Waals surface area contributed by atoms with Crippen LogP contribution < -0.4 is 0 Å². The molecule has 0 aromatic heterocycles. The van der Waals surface area contributed by atoms with Crippen LogP contribution in [-0.2, 0) is 31.5 Å². The van der Waals surface area contributed by atoms with Crippen molar-refractivity contribution in [1.29, 1.82) is 0 Å². The molecule has 0 heterocycles. The molecule has 0 bridgehead atoms. The zero-order valence-corrected chi connectivity index (χ0v) is 20.9. The van der Waals surface area contributed by atoms with Crippen LogP contribution in [0.3, 0.4) is 0 Å². The van der Waals surface area contributed by atoms with Crippen molar-refractivity contribution in [1.82, 2.24) is 0 Å². The van der Waals surface area contributed by atoms with Crippen molar-refractivity contribution < 1.29 is 15.3 Å². The summed E-state index contributed by atoms with van der Waals surface area (Å²) in [5.74, 6) is 0.705. The molecule has 0 aliphatic heterocycles. The molecule has 3 nitrogen and oxygen atoms in total. The van der Waals surface area contributed by atoms with E-state index in [1.165, 1.54) is 21.6 Å². The van der Waals surface area contributed by atoms with E-state index in [-0.39, 0.29) is 30.1 Å². The number of aliphatic hydroxyl groups is 3. The molecular formula is C27H40O3S. The van der Waals surface area contributed by atoms with Crippen molar-refractivity contribution in [3.8, 4) is 0 Å². The van der Waals surface area contributed by atoms with Crippen molar-refractivity contribution in [3.05, 3.63) is 64.2 Å². The van der Waals surface area contributed by atoms with Gasteiger partial charge in [-0.2, -0.15) is 0 Å². The Bertz CT molecular complexity index is 852. The smallest absolute Gasteiger partial charge is 0.0685 e. The van der Waals surface area contributed by atoms with Crippen LogP contribution >= 0.6 is 11.8 Å². The van der Waals surface area contributed by atoms with Crippen molar-refractivity contribution in [2.45, 2.75) is 90.4 Å². The molecule has 1 atom stereocenters. The summed E-state index contributed by atoms with van der Waals surface area (Å²) in [5.41, 5.74) is 5.38. The van der Waals surface area contributed by atoms with Gasteiger partial charge in [-0.3, -0.25) is 0 Å². The van der Waals surface area contributed by atoms with Crippen LogP contribution in [0.5, 0.6) is 0 Å². The number of hydrogen-bond acceptors (Lipinski definition) is 4. The fraction of sp³-hybridized carbons (Fsp3) is 0.556. The molecule has 0 aliphatic carbocycles. The zero-order chi connectivity index (χ0) is 23.2. The SMILES string of the molecule is CCc1cc(C(C)(C)CCc2ccc(CO)c(CO)c2)ccc1SCC(O)C(C)(C)C. The van der Waals surface area contributed by atoms with Gasteiger partial charge >= 0.3 is 0 Å². The Kier molecular flexibility index (Phi) is 9.20. The van der Waals surface area contributed by atoms with Crippen LogP contribution in [0.1, 0.15) is 75.8 Å². The largest absolute Gasteiger partial charge is 0.392 e. The fourth-order valence-corrected chi connectivity index (χ4v) is 4.96. The van der Waals surface area contributed by atoms with Crippen molar-refractivity contribution in [2.75, 3.05) is 5.75 Å². The Hall–Kier alpha value is -1.33. The zero-order valence-electron chi connectivity index (χ0n) is 20.0. The molecule has 0 saturated carbocycles. The molecule has 31 heavy (non-hydrogen) atoms. The van der Waals surface area contributed by atoms with Gasteiger partial charge in [-0.15, -0.1) is 11.8 Å². The van der Waals surface area contributed by atoms with Gasteiger partial charge in [-0.1, -0.05) is 71.9 Å². The predicted octanol–water partition coefficient (Wildman–Crippen LogP) is 5.64. The summed E-state index contributed by atoms with van der Waals surface area (Å²) in [6, 6.07) is 12.8. The number of aryl methyl sites for hydroxylation is 2. The van der Waals surface area contributed by atoms with E-state index in [4.69, 9.17) is 0 Å². The van der Waals surface area contributed by atoms with Gasteiger partial charge in [0.25, 0.3) is 0 Å². The lowest BCUT2D eigenvalue weighted by Crippen LogP contribution is -2.28. The van der Waals surface area contributed by atoms with Crippen molar-refractivity contribution in [2.24, 2.45) is 5.41 Å². The Labute approximate surface area is 192 Å². The highest BCUT2D eigenvalue weighted by atomic mass is 32.2. The van der Waals surface area contributed by atoms with Crippen LogP contribution in [0.4, 0.5) is 0 Å². The third-order valence-electron chi connectivity index (χ3n) is 6.27. The Morgan fingerprint density at radius 2 is 1.55 bits per heavy atom. The van der Waals surface area contributed by atoms with E-state index in [1.54, 1.807) is 11.8 Å². The maximum absolute atomic E-state index is 10.4. The topological polar surface area (TPSA) is 60.7 Å². The van der Waals surface area contributed by atoms with E-state index in [0.717, 1.165) is 30.4 Å². The molecule has 0 radical (unpaired) electrons. The predicted molar refractivity (Wildman–Crippen MR) is 132 cm³/mol. The number of aliphatic hydroxyl groups excluding tert-OH is 3. The first kappa shape index (κ1) is 25.9. The number of benzene rings is 2. The van der Waals surface area contributed by atoms with Crippen LogP contribution in [0.15, 0.2) is 41.3 Å². The van der Waals surface area contributed by atoms with E-state index >= 15 is 0 Å². The van der Waals surface area contributed by atoms with Crippen LogP contribution in [0.25, 0.3) is 0 Å². The fourth-order valence-electron chi connectivity index (χ4n) is 3.57. The highest BCUT2D eigenvalue weighted by Crippen LogP contribution is 2.34. The van der Waals surface area contributed by atoms with E-state index in [1.807, 2.05) is 12.1 Å². The van der Waals surface area contributed by atoms with Crippen LogP contribution in [0, 0.1) is 5.41 Å². The molecule has 0 amide bonds. The summed E-state index contributed by atoms with van der Waals surface area (Å²) < 4.78 is 0. The van der Waals surface area contributed by atoms with Gasteiger partial charge in [0.2, 0.25) is 0 Å². The van der Waals surface area contributed by atoms with E-state index in [2.05, 4.69) is 65.8 Å². The summed E-state index contributed by atoms with van der Waals surface area (Å²) in [6.07, 6.45) is 2.55. The Morgan fingerprint density at radius 1 is 0.871 bits per heavy atom. The van der Waals surface area contributed by atoms with E-state index in [0.29, 0.717) is 5.75 Å². The van der Waals surface area contributed by atoms with E-state index in [9.17, 15) is 15.3 Å². The minimum absolute atomic E-state index is 0.0209. The van der Waals surface area contributed by atoms with Crippen molar-refractivity contribution >= 4 is 11.8 Å². The number of rotatable bonds is 10. The third kappa shape index (κ3) is 7.08. The number of hydrogen-bond donors (Lipinski definition) is 3. The molecular weight excluding hydrogens is 404 g/mol. The van der Waals surface area contributed by atoms with Gasteiger partial charge < -0.3 is 15.3 Å². The molecule has 2 aromatic rings. The first-order valence-electron chi connectivity index (χ1n) is 11.3.